The molecule has 1 aliphatic heterocycles. The Bertz CT molecular complexity index is 443. The van der Waals surface area contributed by atoms with Gasteiger partial charge in [-0.25, -0.2) is 0 Å². The highest BCUT2D eigenvalue weighted by atomic mass is 79.9. The van der Waals surface area contributed by atoms with E-state index in [1.807, 2.05) is 18.2 Å². The summed E-state index contributed by atoms with van der Waals surface area (Å²) < 4.78 is 6.37. The van der Waals surface area contributed by atoms with Crippen LogP contribution < -0.4 is 10.6 Å². The number of oxime groups is 1. The van der Waals surface area contributed by atoms with E-state index in [1.54, 1.807) is 0 Å². The largest absolute Gasteiger partial charge is 0.409 e. The minimum Gasteiger partial charge on any atom is -0.409 e. The van der Waals surface area contributed by atoms with E-state index in [-0.39, 0.29) is 5.84 Å². The summed E-state index contributed by atoms with van der Waals surface area (Å²) in [5, 5.41) is 11.7. The first-order valence-electron chi connectivity index (χ1n) is 5.82. The van der Waals surface area contributed by atoms with Crippen LogP contribution in [0.1, 0.15) is 12.0 Å². The highest BCUT2D eigenvalue weighted by molar-refractivity contribution is 9.10. The third-order valence-corrected chi connectivity index (χ3v) is 3.55. The molecule has 1 heterocycles. The lowest BCUT2D eigenvalue weighted by atomic mass is 10.1. The van der Waals surface area contributed by atoms with Crippen molar-refractivity contribution < 1.29 is 9.94 Å². The topological polar surface area (TPSA) is 71.1 Å². The molecule has 0 bridgehead atoms. The number of halogens is 1. The van der Waals surface area contributed by atoms with Gasteiger partial charge in [0, 0.05) is 29.7 Å². The second-order valence-corrected chi connectivity index (χ2v) is 4.96. The zero-order valence-corrected chi connectivity index (χ0v) is 11.6. The van der Waals surface area contributed by atoms with Gasteiger partial charge in [-0.15, -0.1) is 0 Å². The van der Waals surface area contributed by atoms with E-state index in [1.165, 1.54) is 0 Å². The molecule has 0 amide bonds. The maximum absolute atomic E-state index is 8.66. The molecule has 1 aliphatic rings. The summed E-state index contributed by atoms with van der Waals surface area (Å²) in [6, 6.07) is 5.68. The highest BCUT2D eigenvalue weighted by Crippen LogP contribution is 2.28. The predicted octanol–water partition coefficient (Wildman–Crippen LogP) is 1.77. The summed E-state index contributed by atoms with van der Waals surface area (Å²) in [5.74, 6) is 0.112. The van der Waals surface area contributed by atoms with Crippen molar-refractivity contribution in [3.05, 3.63) is 28.2 Å². The first kappa shape index (κ1) is 13.2. The molecule has 2 rings (SSSR count). The number of amidine groups is 1. The Labute approximate surface area is 114 Å². The first-order valence-corrected chi connectivity index (χ1v) is 6.62. The molecular weight excluding hydrogens is 298 g/mol. The molecule has 0 saturated carbocycles. The average molecular weight is 314 g/mol. The standard InChI is InChI=1S/C12H16BrN3O2/c13-10-8-9(12(14)15-17)2-3-11(10)16-4-1-6-18-7-5-16/h2-3,8,17H,1,4-7H2,(H2,14,15). The Morgan fingerprint density at radius 1 is 1.39 bits per heavy atom. The van der Waals surface area contributed by atoms with Crippen LogP contribution in [-0.4, -0.2) is 37.3 Å². The normalized spacial score (nSPS) is 17.6. The van der Waals surface area contributed by atoms with Gasteiger partial charge in [-0.1, -0.05) is 5.16 Å². The molecule has 0 atom stereocenters. The second kappa shape index (κ2) is 6.06. The van der Waals surface area contributed by atoms with Gasteiger partial charge in [-0.2, -0.15) is 0 Å². The fourth-order valence-corrected chi connectivity index (χ4v) is 2.60. The molecule has 1 saturated heterocycles. The Balaban J connectivity index is 2.23. The van der Waals surface area contributed by atoms with Crippen molar-refractivity contribution >= 4 is 27.5 Å². The fraction of sp³-hybridized carbons (Fsp3) is 0.417. The summed E-state index contributed by atoms with van der Waals surface area (Å²) in [6.45, 7) is 3.41. The number of anilines is 1. The SMILES string of the molecule is N/C(=N/O)c1ccc(N2CCCOCC2)c(Br)c1. The summed E-state index contributed by atoms with van der Waals surface area (Å²) in [5.41, 5.74) is 7.36. The monoisotopic (exact) mass is 313 g/mol. The van der Waals surface area contributed by atoms with Crippen molar-refractivity contribution in [1.29, 1.82) is 0 Å². The lowest BCUT2D eigenvalue weighted by Gasteiger charge is -2.23. The van der Waals surface area contributed by atoms with Crippen molar-refractivity contribution in [2.45, 2.75) is 6.42 Å². The summed E-state index contributed by atoms with van der Waals surface area (Å²) >= 11 is 3.53. The van der Waals surface area contributed by atoms with Crippen molar-refractivity contribution in [3.63, 3.8) is 0 Å². The number of hydrogen-bond acceptors (Lipinski definition) is 4. The Kier molecular flexibility index (Phi) is 4.43. The Morgan fingerprint density at radius 3 is 2.94 bits per heavy atom. The number of nitrogens with zero attached hydrogens (tertiary/aromatic N) is 2. The van der Waals surface area contributed by atoms with Gasteiger partial charge in [0.15, 0.2) is 5.84 Å². The molecule has 1 aromatic carbocycles. The van der Waals surface area contributed by atoms with E-state index in [0.29, 0.717) is 5.56 Å². The molecule has 5 nitrogen and oxygen atoms in total. The van der Waals surface area contributed by atoms with Crippen LogP contribution in [0, 0.1) is 0 Å². The first-order chi connectivity index (χ1) is 8.72. The van der Waals surface area contributed by atoms with Crippen LogP contribution in [0.4, 0.5) is 5.69 Å². The maximum atomic E-state index is 8.66. The number of benzene rings is 1. The lowest BCUT2D eigenvalue weighted by molar-refractivity contribution is 0.152. The molecule has 0 aromatic heterocycles. The molecule has 0 aliphatic carbocycles. The Hall–Kier alpha value is -1.27. The highest BCUT2D eigenvalue weighted by Gasteiger charge is 2.13. The molecule has 98 valence electrons. The summed E-state index contributed by atoms with van der Waals surface area (Å²) in [4.78, 5) is 2.27. The van der Waals surface area contributed by atoms with Crippen LogP contribution >= 0.6 is 15.9 Å². The number of rotatable bonds is 2. The second-order valence-electron chi connectivity index (χ2n) is 4.10. The van der Waals surface area contributed by atoms with Crippen molar-refractivity contribution in [1.82, 2.24) is 0 Å². The van der Waals surface area contributed by atoms with Crippen LogP contribution in [-0.2, 0) is 4.74 Å². The molecule has 0 radical (unpaired) electrons. The Morgan fingerprint density at radius 2 is 2.22 bits per heavy atom. The third kappa shape index (κ3) is 2.94. The number of hydrogen-bond donors (Lipinski definition) is 2. The van der Waals surface area contributed by atoms with Gasteiger partial charge in [0.2, 0.25) is 0 Å². The quantitative estimate of drug-likeness (QED) is 0.378. The summed E-state index contributed by atoms with van der Waals surface area (Å²) in [6.07, 6.45) is 1.02. The average Bonchev–Trinajstić information content (AvgIpc) is 2.66. The van der Waals surface area contributed by atoms with Gasteiger partial charge >= 0.3 is 0 Å². The third-order valence-electron chi connectivity index (χ3n) is 2.91. The summed E-state index contributed by atoms with van der Waals surface area (Å²) in [7, 11) is 0. The molecule has 18 heavy (non-hydrogen) atoms. The molecule has 0 spiro atoms. The van der Waals surface area contributed by atoms with Gasteiger partial charge in [0.05, 0.1) is 12.3 Å². The minimum atomic E-state index is 0.112. The van der Waals surface area contributed by atoms with Gasteiger partial charge in [-0.05, 0) is 40.5 Å². The van der Waals surface area contributed by atoms with E-state index in [4.69, 9.17) is 15.7 Å². The lowest BCUT2D eigenvalue weighted by Crippen LogP contribution is -2.26. The van der Waals surface area contributed by atoms with Gasteiger partial charge in [0.25, 0.3) is 0 Å². The smallest absolute Gasteiger partial charge is 0.170 e. The van der Waals surface area contributed by atoms with E-state index in [0.717, 1.165) is 42.9 Å². The van der Waals surface area contributed by atoms with Crippen LogP contribution in [0.15, 0.2) is 27.8 Å². The van der Waals surface area contributed by atoms with E-state index in [9.17, 15) is 0 Å². The number of nitrogens with two attached hydrogens (primary N) is 1. The van der Waals surface area contributed by atoms with Crippen molar-refractivity contribution in [2.75, 3.05) is 31.2 Å². The molecular formula is C12H16BrN3O2. The van der Waals surface area contributed by atoms with Gasteiger partial charge < -0.3 is 20.6 Å². The zero-order chi connectivity index (χ0) is 13.0. The minimum absolute atomic E-state index is 0.112. The van der Waals surface area contributed by atoms with Crippen LogP contribution in [0.3, 0.4) is 0 Å². The van der Waals surface area contributed by atoms with E-state index >= 15 is 0 Å². The van der Waals surface area contributed by atoms with Crippen molar-refractivity contribution in [2.24, 2.45) is 10.9 Å². The molecule has 0 unspecified atom stereocenters. The van der Waals surface area contributed by atoms with Gasteiger partial charge in [-0.3, -0.25) is 0 Å². The fourth-order valence-electron chi connectivity index (χ4n) is 1.97. The van der Waals surface area contributed by atoms with Crippen molar-refractivity contribution in [3.8, 4) is 0 Å². The van der Waals surface area contributed by atoms with Crippen LogP contribution in [0.2, 0.25) is 0 Å². The van der Waals surface area contributed by atoms with E-state index < -0.39 is 0 Å². The number of ether oxygens (including phenoxy) is 1. The van der Waals surface area contributed by atoms with Gasteiger partial charge in [0.1, 0.15) is 0 Å². The van der Waals surface area contributed by atoms with E-state index in [2.05, 4.69) is 26.0 Å². The predicted molar refractivity (Wildman–Crippen MR) is 74.3 cm³/mol. The van der Waals surface area contributed by atoms with Crippen LogP contribution in [0.25, 0.3) is 0 Å². The van der Waals surface area contributed by atoms with Crippen LogP contribution in [0.5, 0.6) is 0 Å². The zero-order valence-electron chi connectivity index (χ0n) is 9.97. The molecule has 3 N–H and O–H groups in total. The molecule has 6 heteroatoms. The molecule has 1 aromatic rings. The maximum Gasteiger partial charge on any atom is 0.170 e. The molecule has 1 fully saturated rings.